The number of primary amides is 1. The molecule has 2 amide bonds. The topological polar surface area (TPSA) is 110 Å². The van der Waals surface area contributed by atoms with Gasteiger partial charge in [-0.2, -0.15) is 0 Å². The Morgan fingerprint density at radius 3 is 2.26 bits per heavy atom. The van der Waals surface area contributed by atoms with Crippen molar-refractivity contribution in [2.24, 2.45) is 5.73 Å². The van der Waals surface area contributed by atoms with E-state index >= 15 is 0 Å². The van der Waals surface area contributed by atoms with Crippen molar-refractivity contribution in [3.05, 3.63) is 89.5 Å². The van der Waals surface area contributed by atoms with E-state index in [2.05, 4.69) is 5.32 Å². The number of rotatable bonds is 7. The molecular weight excluding hydrogens is 414 g/mol. The molecule has 0 heterocycles. The van der Waals surface area contributed by atoms with Crippen LogP contribution in [0.25, 0.3) is 0 Å². The van der Waals surface area contributed by atoms with Crippen LogP contribution in [0.5, 0.6) is 0 Å². The minimum absolute atomic E-state index is 0.0706. The molecule has 3 aromatic carbocycles. The average molecular weight is 438 g/mol. The van der Waals surface area contributed by atoms with Gasteiger partial charge in [-0.25, -0.2) is 8.42 Å². The third-order valence-corrected chi connectivity index (χ3v) is 6.49. The van der Waals surface area contributed by atoms with Gasteiger partial charge >= 0.3 is 0 Å². The summed E-state index contributed by atoms with van der Waals surface area (Å²) < 4.78 is 27.9. The zero-order valence-corrected chi connectivity index (χ0v) is 18.0. The minimum Gasteiger partial charge on any atom is -0.366 e. The number of amides is 2. The highest BCUT2D eigenvalue weighted by molar-refractivity contribution is 7.92. The normalized spacial score (nSPS) is 11.0. The van der Waals surface area contributed by atoms with Crippen LogP contribution in [0.1, 0.15) is 21.5 Å². The van der Waals surface area contributed by atoms with E-state index in [4.69, 9.17) is 5.73 Å². The largest absolute Gasteiger partial charge is 0.366 e. The van der Waals surface area contributed by atoms with Crippen molar-refractivity contribution < 1.29 is 18.0 Å². The molecule has 7 nitrogen and oxygen atoms in total. The number of hydrogen-bond donors (Lipinski definition) is 2. The van der Waals surface area contributed by atoms with Crippen LogP contribution in [0.2, 0.25) is 0 Å². The fraction of sp³-hybridized carbons (Fsp3) is 0.130. The van der Waals surface area contributed by atoms with Crippen molar-refractivity contribution in [2.45, 2.75) is 18.7 Å². The minimum atomic E-state index is -4.03. The van der Waals surface area contributed by atoms with Gasteiger partial charge in [-0.1, -0.05) is 42.5 Å². The number of sulfonamides is 1. The van der Waals surface area contributed by atoms with Crippen molar-refractivity contribution >= 4 is 33.2 Å². The van der Waals surface area contributed by atoms with Crippen LogP contribution in [-0.4, -0.2) is 26.8 Å². The highest BCUT2D eigenvalue weighted by Gasteiger charge is 2.28. The van der Waals surface area contributed by atoms with Crippen molar-refractivity contribution in [3.63, 3.8) is 0 Å². The first kappa shape index (κ1) is 22.0. The number of hydrogen-bond acceptors (Lipinski definition) is 4. The Bertz CT molecular complexity index is 1220. The van der Waals surface area contributed by atoms with Crippen LogP contribution >= 0.6 is 0 Å². The van der Waals surface area contributed by atoms with Gasteiger partial charge in [0.05, 0.1) is 21.8 Å². The van der Waals surface area contributed by atoms with E-state index in [1.54, 1.807) is 49.4 Å². The molecule has 0 saturated carbocycles. The van der Waals surface area contributed by atoms with Gasteiger partial charge in [0.15, 0.2) is 0 Å². The van der Waals surface area contributed by atoms with Crippen LogP contribution < -0.4 is 15.4 Å². The molecule has 3 N–H and O–H groups in total. The summed E-state index contributed by atoms with van der Waals surface area (Å²) in [4.78, 5) is 24.6. The number of benzene rings is 3. The summed E-state index contributed by atoms with van der Waals surface area (Å²) >= 11 is 0. The maximum Gasteiger partial charge on any atom is 0.264 e. The highest BCUT2D eigenvalue weighted by atomic mass is 32.2. The molecule has 3 rings (SSSR count). The highest BCUT2D eigenvalue weighted by Crippen LogP contribution is 2.28. The standard InChI is InChI=1S/C23H23N3O4S/c1-16-12-13-17(2)21(14-16)26(31(29,30)18-8-4-3-5-9-18)15-22(27)25-20-11-7-6-10-19(20)23(24)28/h3-14H,15H2,1-2H3,(H2,24,28)(H,25,27). The van der Waals surface area contributed by atoms with Gasteiger partial charge in [0.2, 0.25) is 5.91 Å². The Labute approximate surface area is 181 Å². The summed E-state index contributed by atoms with van der Waals surface area (Å²) in [5, 5.41) is 2.60. The Morgan fingerprint density at radius 1 is 0.935 bits per heavy atom. The number of aryl methyl sites for hydroxylation is 2. The second-order valence-corrected chi connectivity index (χ2v) is 8.93. The fourth-order valence-corrected chi connectivity index (χ4v) is 4.63. The Morgan fingerprint density at radius 2 is 1.58 bits per heavy atom. The molecule has 0 aromatic heterocycles. The lowest BCUT2D eigenvalue weighted by Gasteiger charge is -2.26. The van der Waals surface area contributed by atoms with E-state index in [0.29, 0.717) is 11.3 Å². The van der Waals surface area contributed by atoms with Crippen LogP contribution in [0, 0.1) is 13.8 Å². The fourth-order valence-electron chi connectivity index (χ4n) is 3.13. The number of nitrogens with two attached hydrogens (primary N) is 1. The van der Waals surface area contributed by atoms with Crippen LogP contribution in [0.3, 0.4) is 0 Å². The van der Waals surface area contributed by atoms with Gasteiger partial charge < -0.3 is 11.1 Å². The zero-order valence-electron chi connectivity index (χ0n) is 17.2. The molecule has 31 heavy (non-hydrogen) atoms. The van der Waals surface area contributed by atoms with Crippen LogP contribution in [-0.2, 0) is 14.8 Å². The summed E-state index contributed by atoms with van der Waals surface area (Å²) in [6, 6.07) is 19.6. The average Bonchev–Trinajstić information content (AvgIpc) is 2.74. The lowest BCUT2D eigenvalue weighted by molar-refractivity contribution is -0.114. The van der Waals surface area contributed by atoms with Gasteiger partial charge in [0.1, 0.15) is 6.54 Å². The van der Waals surface area contributed by atoms with Gasteiger partial charge in [-0.05, 0) is 55.3 Å². The second-order valence-electron chi connectivity index (χ2n) is 7.07. The first-order chi connectivity index (χ1) is 14.7. The van der Waals surface area contributed by atoms with Gasteiger partial charge in [-0.15, -0.1) is 0 Å². The Kier molecular flexibility index (Phi) is 6.41. The van der Waals surface area contributed by atoms with Gasteiger partial charge in [-0.3, -0.25) is 13.9 Å². The number of para-hydroxylation sites is 1. The summed E-state index contributed by atoms with van der Waals surface area (Å²) in [5.41, 5.74) is 7.69. The molecule has 0 fully saturated rings. The number of nitrogens with one attached hydrogen (secondary N) is 1. The molecule has 0 atom stereocenters. The summed E-state index contributed by atoms with van der Waals surface area (Å²) in [6.45, 7) is 3.15. The van der Waals surface area contributed by atoms with E-state index in [0.717, 1.165) is 9.87 Å². The molecule has 0 unspecified atom stereocenters. The second kappa shape index (κ2) is 9.01. The van der Waals surface area contributed by atoms with Crippen molar-refractivity contribution in [3.8, 4) is 0 Å². The summed E-state index contributed by atoms with van der Waals surface area (Å²) in [5.74, 6) is -1.30. The molecule has 0 bridgehead atoms. The maximum absolute atomic E-state index is 13.4. The smallest absolute Gasteiger partial charge is 0.264 e. The third kappa shape index (κ3) is 4.92. The van der Waals surface area contributed by atoms with E-state index < -0.39 is 28.4 Å². The molecule has 0 aliphatic carbocycles. The molecular formula is C23H23N3O4S. The van der Waals surface area contributed by atoms with Gasteiger partial charge in [0, 0.05) is 0 Å². The monoisotopic (exact) mass is 437 g/mol. The lowest BCUT2D eigenvalue weighted by atomic mass is 10.1. The predicted molar refractivity (Wildman–Crippen MR) is 120 cm³/mol. The van der Waals surface area contributed by atoms with E-state index in [1.807, 2.05) is 13.0 Å². The first-order valence-electron chi connectivity index (χ1n) is 9.54. The molecule has 0 saturated heterocycles. The van der Waals surface area contributed by atoms with E-state index in [9.17, 15) is 18.0 Å². The van der Waals surface area contributed by atoms with Crippen molar-refractivity contribution in [1.29, 1.82) is 0 Å². The molecule has 160 valence electrons. The van der Waals surface area contributed by atoms with Crippen molar-refractivity contribution in [1.82, 2.24) is 0 Å². The molecule has 0 aliphatic heterocycles. The van der Waals surface area contributed by atoms with Crippen LogP contribution in [0.15, 0.2) is 77.7 Å². The Balaban J connectivity index is 2.01. The lowest BCUT2D eigenvalue weighted by Crippen LogP contribution is -2.38. The zero-order chi connectivity index (χ0) is 22.6. The van der Waals surface area contributed by atoms with E-state index in [1.165, 1.54) is 24.3 Å². The SMILES string of the molecule is Cc1ccc(C)c(N(CC(=O)Nc2ccccc2C(N)=O)S(=O)(=O)c2ccccc2)c1. The summed E-state index contributed by atoms with van der Waals surface area (Å²) in [7, 11) is -4.03. The third-order valence-electron chi connectivity index (χ3n) is 4.72. The maximum atomic E-state index is 13.4. The van der Waals surface area contributed by atoms with E-state index in [-0.39, 0.29) is 16.1 Å². The number of carbonyl (C=O) groups excluding carboxylic acids is 2. The summed E-state index contributed by atoms with van der Waals surface area (Å²) in [6.07, 6.45) is 0. The molecule has 0 radical (unpaired) electrons. The van der Waals surface area contributed by atoms with Crippen molar-refractivity contribution in [2.75, 3.05) is 16.2 Å². The van der Waals surface area contributed by atoms with Gasteiger partial charge in [0.25, 0.3) is 15.9 Å². The first-order valence-corrected chi connectivity index (χ1v) is 11.0. The number of anilines is 2. The molecule has 0 aliphatic rings. The number of carbonyl (C=O) groups is 2. The molecule has 3 aromatic rings. The molecule has 0 spiro atoms. The quantitative estimate of drug-likeness (QED) is 0.591. The van der Waals surface area contributed by atoms with Crippen LogP contribution in [0.4, 0.5) is 11.4 Å². The number of nitrogens with zero attached hydrogens (tertiary/aromatic N) is 1. The molecule has 8 heteroatoms. The predicted octanol–water partition coefficient (Wildman–Crippen LogP) is 3.24. The Hall–Kier alpha value is -3.65.